The normalized spacial score (nSPS) is 21.5. The van der Waals surface area contributed by atoms with Crippen molar-refractivity contribution < 1.29 is 14.0 Å². The van der Waals surface area contributed by atoms with E-state index in [-0.39, 0.29) is 35.4 Å². The van der Waals surface area contributed by atoms with Crippen molar-refractivity contribution in [3.8, 4) is 0 Å². The van der Waals surface area contributed by atoms with Gasteiger partial charge in [0.05, 0.1) is 11.9 Å². The molecule has 2 N–H and O–H groups in total. The molecule has 0 radical (unpaired) electrons. The zero-order chi connectivity index (χ0) is 17.4. The minimum absolute atomic E-state index is 0.000186. The average Bonchev–Trinajstić information content (AvgIpc) is 3.48. The molecule has 0 unspecified atom stereocenters. The fraction of sp³-hybridized carbons (Fsp3) is 0.316. The van der Waals surface area contributed by atoms with Gasteiger partial charge in [-0.05, 0) is 55.0 Å². The second-order valence-electron chi connectivity index (χ2n) is 6.69. The van der Waals surface area contributed by atoms with Crippen molar-refractivity contribution in [1.82, 2.24) is 4.98 Å². The number of halogens is 1. The minimum atomic E-state index is -0.281. The Balaban J connectivity index is 1.33. The number of hydrogen-bond acceptors (Lipinski definition) is 3. The van der Waals surface area contributed by atoms with Gasteiger partial charge in [-0.3, -0.25) is 9.59 Å². The Hall–Kier alpha value is -2.76. The molecule has 1 aromatic heterocycles. The first kappa shape index (κ1) is 15.7. The highest BCUT2D eigenvalue weighted by molar-refractivity contribution is 5.96. The molecule has 0 spiro atoms. The second kappa shape index (κ2) is 6.27. The van der Waals surface area contributed by atoms with Crippen LogP contribution in [-0.2, 0) is 9.59 Å². The van der Waals surface area contributed by atoms with Crippen LogP contribution in [0.25, 0.3) is 0 Å². The summed E-state index contributed by atoms with van der Waals surface area (Å²) in [6.07, 6.45) is 4.12. The fourth-order valence-corrected chi connectivity index (χ4v) is 2.94. The lowest BCUT2D eigenvalue weighted by Crippen LogP contribution is -2.16. The fourth-order valence-electron chi connectivity index (χ4n) is 2.94. The Bertz CT molecular complexity index is 818. The van der Waals surface area contributed by atoms with Gasteiger partial charge in [-0.2, -0.15) is 0 Å². The number of nitrogens with one attached hydrogen (secondary N) is 2. The van der Waals surface area contributed by atoms with Crippen molar-refractivity contribution in [3.63, 3.8) is 0 Å². The number of carbonyl (C=O) groups excluding carboxylic acids is 2. The first-order chi connectivity index (χ1) is 12.1. The summed E-state index contributed by atoms with van der Waals surface area (Å²) in [7, 11) is 0. The van der Waals surface area contributed by atoms with Crippen LogP contribution in [0.15, 0.2) is 42.6 Å². The van der Waals surface area contributed by atoms with Crippen LogP contribution in [0.4, 0.5) is 15.9 Å². The van der Waals surface area contributed by atoms with E-state index in [0.29, 0.717) is 11.5 Å². The molecule has 6 heteroatoms. The predicted octanol–water partition coefficient (Wildman–Crippen LogP) is 3.31. The molecule has 0 bridgehead atoms. The van der Waals surface area contributed by atoms with E-state index in [0.717, 1.165) is 24.8 Å². The third-order valence-electron chi connectivity index (χ3n) is 4.63. The number of anilines is 2. The summed E-state index contributed by atoms with van der Waals surface area (Å²) in [5.74, 6) is 0.161. The van der Waals surface area contributed by atoms with Crippen molar-refractivity contribution in [2.45, 2.75) is 25.2 Å². The summed E-state index contributed by atoms with van der Waals surface area (Å²) in [4.78, 5) is 28.1. The van der Waals surface area contributed by atoms with Gasteiger partial charge in [-0.25, -0.2) is 9.37 Å². The van der Waals surface area contributed by atoms with E-state index in [1.54, 1.807) is 18.2 Å². The van der Waals surface area contributed by atoms with Gasteiger partial charge in [0, 0.05) is 11.8 Å². The van der Waals surface area contributed by atoms with E-state index in [9.17, 15) is 14.0 Å². The highest BCUT2D eigenvalue weighted by atomic mass is 19.1. The van der Waals surface area contributed by atoms with E-state index >= 15 is 0 Å². The zero-order valence-corrected chi connectivity index (χ0v) is 13.5. The predicted molar refractivity (Wildman–Crippen MR) is 91.5 cm³/mol. The highest BCUT2D eigenvalue weighted by Gasteiger charge is 2.44. The van der Waals surface area contributed by atoms with Crippen LogP contribution in [0.2, 0.25) is 0 Å². The Kier molecular flexibility index (Phi) is 3.95. The number of pyridine rings is 1. The summed E-state index contributed by atoms with van der Waals surface area (Å²) in [5, 5.41) is 5.58. The van der Waals surface area contributed by atoms with E-state index in [4.69, 9.17) is 0 Å². The second-order valence-corrected chi connectivity index (χ2v) is 6.69. The Labute approximate surface area is 144 Å². The molecule has 2 aliphatic rings. The first-order valence-corrected chi connectivity index (χ1v) is 8.43. The molecule has 0 saturated heterocycles. The number of benzene rings is 1. The molecule has 2 atom stereocenters. The van der Waals surface area contributed by atoms with Gasteiger partial charge in [-0.1, -0.05) is 12.1 Å². The van der Waals surface area contributed by atoms with Gasteiger partial charge < -0.3 is 10.6 Å². The SMILES string of the molecule is O=C(Nc1ccc(NC(=O)[C@@H]2C[C@H]2c2cccc(F)c2)cn1)C1CC1. The molecule has 2 aliphatic carbocycles. The zero-order valence-electron chi connectivity index (χ0n) is 13.5. The summed E-state index contributed by atoms with van der Waals surface area (Å²) in [5.41, 5.74) is 1.44. The van der Waals surface area contributed by atoms with Crippen LogP contribution >= 0.6 is 0 Å². The Morgan fingerprint density at radius 2 is 1.92 bits per heavy atom. The highest BCUT2D eigenvalue weighted by Crippen LogP contribution is 2.48. The number of nitrogens with zero attached hydrogens (tertiary/aromatic N) is 1. The number of rotatable bonds is 5. The van der Waals surface area contributed by atoms with Crippen molar-refractivity contribution >= 4 is 23.3 Å². The van der Waals surface area contributed by atoms with Crippen LogP contribution in [0, 0.1) is 17.7 Å². The van der Waals surface area contributed by atoms with Gasteiger partial charge in [0.1, 0.15) is 11.6 Å². The molecule has 0 aliphatic heterocycles. The van der Waals surface area contributed by atoms with Gasteiger partial charge >= 0.3 is 0 Å². The minimum Gasteiger partial charge on any atom is -0.324 e. The molecule has 4 rings (SSSR count). The molecular weight excluding hydrogens is 321 g/mol. The number of amides is 2. The lowest BCUT2D eigenvalue weighted by atomic mass is 10.1. The topological polar surface area (TPSA) is 71.1 Å². The Morgan fingerprint density at radius 1 is 1.08 bits per heavy atom. The van der Waals surface area contributed by atoms with Gasteiger partial charge in [0.2, 0.25) is 11.8 Å². The lowest BCUT2D eigenvalue weighted by Gasteiger charge is -2.07. The molecular formula is C19H18FN3O2. The van der Waals surface area contributed by atoms with Crippen LogP contribution in [0.1, 0.15) is 30.7 Å². The summed E-state index contributed by atoms with van der Waals surface area (Å²) < 4.78 is 13.3. The van der Waals surface area contributed by atoms with Gasteiger partial charge in [0.15, 0.2) is 0 Å². The standard InChI is InChI=1S/C19H18FN3O2/c20-13-3-1-2-12(8-13)15-9-16(15)19(25)22-14-6-7-17(21-10-14)23-18(24)11-4-5-11/h1-3,6-8,10-11,15-16H,4-5,9H2,(H,22,25)(H,21,23,24)/t15-,16+/m0/s1. The smallest absolute Gasteiger partial charge is 0.228 e. The van der Waals surface area contributed by atoms with Crippen molar-refractivity contribution in [3.05, 3.63) is 54.0 Å². The van der Waals surface area contributed by atoms with Gasteiger partial charge in [-0.15, -0.1) is 0 Å². The van der Waals surface area contributed by atoms with Crippen LogP contribution in [0.3, 0.4) is 0 Å². The van der Waals surface area contributed by atoms with E-state index in [1.165, 1.54) is 18.3 Å². The molecule has 1 aromatic carbocycles. The van der Waals surface area contributed by atoms with Crippen molar-refractivity contribution in [1.29, 1.82) is 0 Å². The average molecular weight is 339 g/mol. The number of carbonyl (C=O) groups is 2. The lowest BCUT2D eigenvalue weighted by molar-refractivity contribution is -0.118. The quantitative estimate of drug-likeness (QED) is 0.878. The van der Waals surface area contributed by atoms with E-state index < -0.39 is 0 Å². The maximum absolute atomic E-state index is 13.3. The maximum Gasteiger partial charge on any atom is 0.228 e. The molecule has 2 fully saturated rings. The molecule has 128 valence electrons. The van der Waals surface area contributed by atoms with Crippen LogP contribution in [0.5, 0.6) is 0 Å². The van der Waals surface area contributed by atoms with Gasteiger partial charge in [0.25, 0.3) is 0 Å². The molecule has 2 saturated carbocycles. The third-order valence-corrected chi connectivity index (χ3v) is 4.63. The molecule has 2 aromatic rings. The largest absolute Gasteiger partial charge is 0.324 e. The third kappa shape index (κ3) is 3.68. The molecule has 25 heavy (non-hydrogen) atoms. The first-order valence-electron chi connectivity index (χ1n) is 8.43. The van der Waals surface area contributed by atoms with Crippen LogP contribution in [-0.4, -0.2) is 16.8 Å². The van der Waals surface area contributed by atoms with Crippen LogP contribution < -0.4 is 10.6 Å². The molecule has 5 nitrogen and oxygen atoms in total. The van der Waals surface area contributed by atoms with E-state index in [1.807, 2.05) is 6.07 Å². The summed E-state index contributed by atoms with van der Waals surface area (Å²) >= 11 is 0. The summed E-state index contributed by atoms with van der Waals surface area (Å²) in [6, 6.07) is 9.78. The van der Waals surface area contributed by atoms with Crippen molar-refractivity contribution in [2.24, 2.45) is 11.8 Å². The summed E-state index contributed by atoms with van der Waals surface area (Å²) in [6.45, 7) is 0. The Morgan fingerprint density at radius 3 is 2.60 bits per heavy atom. The van der Waals surface area contributed by atoms with E-state index in [2.05, 4.69) is 15.6 Å². The number of aromatic nitrogens is 1. The molecule has 1 heterocycles. The maximum atomic E-state index is 13.3. The number of hydrogen-bond donors (Lipinski definition) is 2. The monoisotopic (exact) mass is 339 g/mol. The molecule has 2 amide bonds. The van der Waals surface area contributed by atoms with Crippen molar-refractivity contribution in [2.75, 3.05) is 10.6 Å².